The molecule has 1 aliphatic heterocycles. The highest BCUT2D eigenvalue weighted by atomic mass is 15.3. The first kappa shape index (κ1) is 10.2. The molecule has 2 heteroatoms. The van der Waals surface area contributed by atoms with Gasteiger partial charge in [0.2, 0.25) is 0 Å². The highest BCUT2D eigenvalue weighted by molar-refractivity contribution is 5.86. The normalized spacial score (nSPS) is 25.1. The van der Waals surface area contributed by atoms with E-state index in [1.807, 2.05) is 0 Å². The standard InChI is InChI=1S/C13H19N2/c1-10-12(11-8-6-5-7-9-11)15(4)13(10)14(2)3/h5-10,12H,1-4H3/q+1/t10-,12-/m0/s1. The maximum atomic E-state index is 2.36. The van der Waals surface area contributed by atoms with E-state index in [1.54, 1.807) is 0 Å². The third kappa shape index (κ3) is 1.54. The molecule has 0 spiro atoms. The highest BCUT2D eigenvalue weighted by Gasteiger charge is 2.48. The number of nitrogens with zero attached hydrogens (tertiary/aromatic N) is 2. The van der Waals surface area contributed by atoms with Crippen LogP contribution < -0.4 is 0 Å². The molecule has 1 heterocycles. The maximum Gasteiger partial charge on any atom is 0.254 e. The van der Waals surface area contributed by atoms with Gasteiger partial charge >= 0.3 is 0 Å². The minimum atomic E-state index is 0.545. The molecule has 0 aromatic heterocycles. The largest absolute Gasteiger partial charge is 0.271 e. The van der Waals surface area contributed by atoms with Crippen LogP contribution in [-0.2, 0) is 0 Å². The lowest BCUT2D eigenvalue weighted by molar-refractivity contribution is -0.478. The monoisotopic (exact) mass is 203 g/mol. The summed E-state index contributed by atoms with van der Waals surface area (Å²) in [6.45, 7) is 2.30. The van der Waals surface area contributed by atoms with E-state index < -0.39 is 0 Å². The Morgan fingerprint density at radius 1 is 1.13 bits per heavy atom. The fourth-order valence-electron chi connectivity index (χ4n) is 2.74. The summed E-state index contributed by atoms with van der Waals surface area (Å²) < 4.78 is 2.21. The first-order valence-electron chi connectivity index (χ1n) is 5.45. The number of benzene rings is 1. The zero-order valence-electron chi connectivity index (χ0n) is 9.94. The predicted octanol–water partition coefficient (Wildman–Crippen LogP) is 1.98. The Kier molecular flexibility index (Phi) is 2.51. The first-order chi connectivity index (χ1) is 7.13. The quantitative estimate of drug-likeness (QED) is 0.633. The van der Waals surface area contributed by atoms with Gasteiger partial charge in [-0.2, -0.15) is 0 Å². The van der Waals surface area contributed by atoms with Gasteiger partial charge in [-0.25, -0.2) is 0 Å². The van der Waals surface area contributed by atoms with Gasteiger partial charge in [0.1, 0.15) is 12.0 Å². The molecular formula is C13H19N2+. The third-order valence-electron chi connectivity index (χ3n) is 3.26. The van der Waals surface area contributed by atoms with Crippen molar-refractivity contribution in [3.05, 3.63) is 35.9 Å². The van der Waals surface area contributed by atoms with Crippen molar-refractivity contribution >= 4 is 5.84 Å². The number of likely N-dealkylation sites (tertiary alicyclic amines) is 1. The van der Waals surface area contributed by atoms with Gasteiger partial charge in [-0.15, -0.1) is 0 Å². The molecule has 2 atom stereocenters. The molecule has 0 N–H and O–H groups in total. The molecule has 0 aliphatic carbocycles. The van der Waals surface area contributed by atoms with E-state index in [0.29, 0.717) is 12.0 Å². The van der Waals surface area contributed by atoms with E-state index >= 15 is 0 Å². The molecular weight excluding hydrogens is 184 g/mol. The van der Waals surface area contributed by atoms with Crippen LogP contribution in [0, 0.1) is 5.92 Å². The Bertz CT molecular complexity index is 365. The molecule has 0 saturated carbocycles. The summed E-state index contributed by atoms with van der Waals surface area (Å²) in [7, 11) is 6.40. The van der Waals surface area contributed by atoms with Crippen LogP contribution in [0.4, 0.5) is 0 Å². The molecule has 80 valence electrons. The Balaban J connectivity index is 2.27. The lowest BCUT2D eigenvalue weighted by Crippen LogP contribution is -2.54. The van der Waals surface area contributed by atoms with Crippen molar-refractivity contribution in [3.8, 4) is 0 Å². The van der Waals surface area contributed by atoms with Gasteiger partial charge in [0.05, 0.1) is 21.1 Å². The van der Waals surface area contributed by atoms with Crippen molar-refractivity contribution in [1.29, 1.82) is 0 Å². The van der Waals surface area contributed by atoms with Crippen molar-refractivity contribution < 1.29 is 4.58 Å². The second-order valence-electron chi connectivity index (χ2n) is 4.51. The van der Waals surface area contributed by atoms with Crippen LogP contribution in [0.2, 0.25) is 0 Å². The van der Waals surface area contributed by atoms with E-state index in [9.17, 15) is 0 Å². The van der Waals surface area contributed by atoms with E-state index in [-0.39, 0.29) is 0 Å². The summed E-state index contributed by atoms with van der Waals surface area (Å²) in [5.74, 6) is 2.04. The zero-order chi connectivity index (χ0) is 11.0. The molecule has 1 aromatic carbocycles. The second kappa shape index (κ2) is 3.69. The Labute approximate surface area is 91.8 Å². The highest BCUT2D eigenvalue weighted by Crippen LogP contribution is 2.38. The molecule has 0 amide bonds. The first-order valence-corrected chi connectivity index (χ1v) is 5.45. The summed E-state index contributed by atoms with van der Waals surface area (Å²) in [4.78, 5) is 2.36. The van der Waals surface area contributed by atoms with Crippen molar-refractivity contribution in [2.75, 3.05) is 21.1 Å². The van der Waals surface area contributed by atoms with Crippen LogP contribution >= 0.6 is 0 Å². The van der Waals surface area contributed by atoms with Gasteiger partial charge in [-0.05, 0) is 12.5 Å². The van der Waals surface area contributed by atoms with Crippen molar-refractivity contribution in [2.45, 2.75) is 13.0 Å². The van der Waals surface area contributed by atoms with Crippen LogP contribution in [0.1, 0.15) is 18.5 Å². The third-order valence-corrected chi connectivity index (χ3v) is 3.26. The number of rotatable bonds is 1. The van der Waals surface area contributed by atoms with Crippen LogP contribution in [0.3, 0.4) is 0 Å². The van der Waals surface area contributed by atoms with Gasteiger partial charge in [0.25, 0.3) is 5.84 Å². The molecule has 1 aliphatic rings. The van der Waals surface area contributed by atoms with Gasteiger partial charge in [0, 0.05) is 0 Å². The average molecular weight is 203 g/mol. The Morgan fingerprint density at radius 3 is 2.20 bits per heavy atom. The van der Waals surface area contributed by atoms with E-state index in [1.165, 1.54) is 11.4 Å². The molecule has 0 bridgehead atoms. The van der Waals surface area contributed by atoms with E-state index in [4.69, 9.17) is 0 Å². The van der Waals surface area contributed by atoms with E-state index in [0.717, 1.165) is 0 Å². The molecule has 0 unspecified atom stereocenters. The molecule has 1 aromatic rings. The summed E-state index contributed by atoms with van der Waals surface area (Å²) in [6, 6.07) is 11.3. The predicted molar refractivity (Wildman–Crippen MR) is 63.2 cm³/mol. The smallest absolute Gasteiger partial charge is 0.254 e. The number of hydrogen-bond acceptors (Lipinski definition) is 0. The Hall–Kier alpha value is -1.31. The van der Waals surface area contributed by atoms with Crippen LogP contribution in [0.15, 0.2) is 30.3 Å². The molecule has 1 fully saturated rings. The summed E-state index contributed by atoms with van der Waals surface area (Å²) in [5.41, 5.74) is 1.41. The Morgan fingerprint density at radius 2 is 1.73 bits per heavy atom. The van der Waals surface area contributed by atoms with Gasteiger partial charge in [-0.3, -0.25) is 9.48 Å². The molecule has 0 radical (unpaired) electrons. The minimum Gasteiger partial charge on any atom is -0.271 e. The van der Waals surface area contributed by atoms with Crippen molar-refractivity contribution in [1.82, 2.24) is 4.90 Å². The number of hydrogen-bond donors (Lipinski definition) is 0. The molecule has 2 rings (SSSR count). The van der Waals surface area contributed by atoms with Crippen molar-refractivity contribution in [2.24, 2.45) is 5.92 Å². The van der Waals surface area contributed by atoms with Crippen LogP contribution in [0.5, 0.6) is 0 Å². The molecule has 2 nitrogen and oxygen atoms in total. The van der Waals surface area contributed by atoms with Gasteiger partial charge < -0.3 is 0 Å². The second-order valence-corrected chi connectivity index (χ2v) is 4.51. The van der Waals surface area contributed by atoms with Crippen molar-refractivity contribution in [3.63, 3.8) is 0 Å². The lowest BCUT2D eigenvalue weighted by Gasteiger charge is -2.40. The van der Waals surface area contributed by atoms with Crippen LogP contribution in [0.25, 0.3) is 0 Å². The zero-order valence-corrected chi connectivity index (χ0v) is 9.94. The summed E-state index contributed by atoms with van der Waals surface area (Å²) in [5, 5.41) is 0. The van der Waals surface area contributed by atoms with Gasteiger partial charge in [0.15, 0.2) is 0 Å². The van der Waals surface area contributed by atoms with Gasteiger partial charge in [-0.1, -0.05) is 30.3 Å². The fraction of sp³-hybridized carbons (Fsp3) is 0.462. The van der Waals surface area contributed by atoms with Crippen LogP contribution in [-0.4, -0.2) is 36.5 Å². The minimum absolute atomic E-state index is 0.545. The lowest BCUT2D eigenvalue weighted by atomic mass is 9.84. The molecule has 1 saturated heterocycles. The summed E-state index contributed by atoms with van der Waals surface area (Å²) >= 11 is 0. The summed E-state index contributed by atoms with van der Waals surface area (Å²) in [6.07, 6.45) is 0. The average Bonchev–Trinajstić information content (AvgIpc) is 2.18. The SMILES string of the molecule is C[C@@H]1C(=[N+](C)C)N(C)[C@@H]1c1ccccc1. The molecule has 15 heavy (non-hydrogen) atoms. The fourth-order valence-corrected chi connectivity index (χ4v) is 2.74. The number of amidine groups is 1. The topological polar surface area (TPSA) is 6.25 Å². The van der Waals surface area contributed by atoms with E-state index in [2.05, 4.69) is 67.9 Å². The maximum absolute atomic E-state index is 2.36.